The van der Waals surface area contributed by atoms with Gasteiger partial charge in [0.1, 0.15) is 0 Å². The first kappa shape index (κ1) is 24.9. The maximum atomic E-state index is 4.60. The van der Waals surface area contributed by atoms with Gasteiger partial charge in [-0.1, -0.05) is 115 Å². The van der Waals surface area contributed by atoms with Crippen LogP contribution >= 0.6 is 0 Å². The standard InChI is InChI=1S/C30H46N2/c1-3-5-7-11-25-15-17-26(18-16-25)12-9-10-13-27-19-21-29(22-20-27)30-31-23-28(24-32-30)14-8-6-4-2/h19-26H,3-18H2,1-2H3/t25-,26-. The maximum absolute atomic E-state index is 4.60. The van der Waals surface area contributed by atoms with Crippen LogP contribution < -0.4 is 0 Å². The highest BCUT2D eigenvalue weighted by Gasteiger charge is 2.20. The second-order valence-electron chi connectivity index (χ2n) is 10.2. The Bertz CT molecular complexity index is 726. The van der Waals surface area contributed by atoms with Crippen molar-refractivity contribution in [3.8, 4) is 11.4 Å². The van der Waals surface area contributed by atoms with Crippen molar-refractivity contribution in [2.75, 3.05) is 0 Å². The molecule has 0 bridgehead atoms. The number of aryl methyl sites for hydroxylation is 2. The number of benzene rings is 1. The summed E-state index contributed by atoms with van der Waals surface area (Å²) in [5, 5.41) is 0. The van der Waals surface area contributed by atoms with Crippen LogP contribution in [0.25, 0.3) is 11.4 Å². The summed E-state index contributed by atoms with van der Waals surface area (Å²) >= 11 is 0. The van der Waals surface area contributed by atoms with E-state index < -0.39 is 0 Å². The van der Waals surface area contributed by atoms with E-state index in [-0.39, 0.29) is 0 Å². The van der Waals surface area contributed by atoms with Gasteiger partial charge in [0.15, 0.2) is 5.82 Å². The van der Waals surface area contributed by atoms with Gasteiger partial charge in [0.2, 0.25) is 0 Å². The van der Waals surface area contributed by atoms with Gasteiger partial charge in [0.05, 0.1) is 0 Å². The highest BCUT2D eigenvalue weighted by atomic mass is 14.9. The average molecular weight is 435 g/mol. The van der Waals surface area contributed by atoms with Crippen LogP contribution in [0, 0.1) is 11.8 Å². The minimum atomic E-state index is 0.848. The van der Waals surface area contributed by atoms with Crippen molar-refractivity contribution in [1.29, 1.82) is 0 Å². The van der Waals surface area contributed by atoms with Crippen molar-refractivity contribution >= 4 is 0 Å². The molecule has 0 radical (unpaired) electrons. The molecule has 1 heterocycles. The van der Waals surface area contributed by atoms with E-state index in [9.17, 15) is 0 Å². The summed E-state index contributed by atoms with van der Waals surface area (Å²) in [7, 11) is 0. The molecule has 2 heteroatoms. The lowest BCUT2D eigenvalue weighted by Gasteiger charge is -2.28. The molecule has 0 amide bonds. The van der Waals surface area contributed by atoms with Gasteiger partial charge in [0.25, 0.3) is 0 Å². The van der Waals surface area contributed by atoms with Crippen molar-refractivity contribution in [2.45, 2.75) is 117 Å². The fourth-order valence-corrected chi connectivity index (χ4v) is 5.29. The van der Waals surface area contributed by atoms with Crippen molar-refractivity contribution < 1.29 is 0 Å². The van der Waals surface area contributed by atoms with Crippen molar-refractivity contribution in [3.63, 3.8) is 0 Å². The summed E-state index contributed by atoms with van der Waals surface area (Å²) in [6.07, 6.45) is 25.9. The first-order chi connectivity index (χ1) is 15.8. The molecular formula is C30H46N2. The zero-order valence-electron chi connectivity index (χ0n) is 20.8. The molecule has 1 aromatic heterocycles. The zero-order chi connectivity index (χ0) is 22.4. The van der Waals surface area contributed by atoms with Crippen molar-refractivity contribution in [2.24, 2.45) is 11.8 Å². The van der Waals surface area contributed by atoms with Gasteiger partial charge in [-0.25, -0.2) is 9.97 Å². The molecule has 0 saturated heterocycles. The molecule has 1 saturated carbocycles. The molecule has 2 aromatic rings. The van der Waals surface area contributed by atoms with E-state index in [0.717, 1.165) is 29.6 Å². The Labute approximate surface area is 197 Å². The fourth-order valence-electron chi connectivity index (χ4n) is 5.29. The smallest absolute Gasteiger partial charge is 0.159 e. The molecule has 176 valence electrons. The van der Waals surface area contributed by atoms with E-state index in [1.54, 1.807) is 0 Å². The van der Waals surface area contributed by atoms with Crippen LogP contribution in [-0.4, -0.2) is 9.97 Å². The molecular weight excluding hydrogens is 388 g/mol. The van der Waals surface area contributed by atoms with Gasteiger partial charge in [-0.05, 0) is 48.6 Å². The van der Waals surface area contributed by atoms with Gasteiger partial charge in [0, 0.05) is 18.0 Å². The molecule has 1 aromatic carbocycles. The van der Waals surface area contributed by atoms with E-state index in [1.807, 2.05) is 12.4 Å². The second kappa shape index (κ2) is 14.4. The van der Waals surface area contributed by atoms with E-state index in [0.29, 0.717) is 0 Å². The maximum Gasteiger partial charge on any atom is 0.159 e. The molecule has 1 fully saturated rings. The fraction of sp³-hybridized carbons (Fsp3) is 0.667. The topological polar surface area (TPSA) is 25.8 Å². The molecule has 0 unspecified atom stereocenters. The van der Waals surface area contributed by atoms with Crippen molar-refractivity contribution in [1.82, 2.24) is 9.97 Å². The van der Waals surface area contributed by atoms with Crippen LogP contribution in [0.2, 0.25) is 0 Å². The van der Waals surface area contributed by atoms with Gasteiger partial charge < -0.3 is 0 Å². The van der Waals surface area contributed by atoms with Crippen LogP contribution in [0.15, 0.2) is 36.7 Å². The Kier molecular flexibility index (Phi) is 11.3. The Morgan fingerprint density at radius 3 is 1.72 bits per heavy atom. The highest BCUT2D eigenvalue weighted by molar-refractivity contribution is 5.55. The summed E-state index contributed by atoms with van der Waals surface area (Å²) < 4.78 is 0. The van der Waals surface area contributed by atoms with Crippen LogP contribution in [0.3, 0.4) is 0 Å². The minimum absolute atomic E-state index is 0.848. The lowest BCUT2D eigenvalue weighted by Crippen LogP contribution is -2.14. The van der Waals surface area contributed by atoms with E-state index >= 15 is 0 Å². The molecule has 1 aliphatic rings. The minimum Gasteiger partial charge on any atom is -0.236 e. The molecule has 2 nitrogen and oxygen atoms in total. The van der Waals surface area contributed by atoms with Crippen molar-refractivity contribution in [3.05, 3.63) is 47.8 Å². The predicted molar refractivity (Wildman–Crippen MR) is 138 cm³/mol. The van der Waals surface area contributed by atoms with E-state index in [2.05, 4.69) is 48.1 Å². The van der Waals surface area contributed by atoms with Crippen LogP contribution in [-0.2, 0) is 12.8 Å². The number of rotatable bonds is 14. The molecule has 32 heavy (non-hydrogen) atoms. The second-order valence-corrected chi connectivity index (χ2v) is 10.2. The zero-order valence-corrected chi connectivity index (χ0v) is 20.8. The lowest BCUT2D eigenvalue weighted by atomic mass is 9.78. The Hall–Kier alpha value is -1.70. The summed E-state index contributed by atoms with van der Waals surface area (Å²) in [6.45, 7) is 4.55. The number of nitrogens with zero attached hydrogens (tertiary/aromatic N) is 2. The van der Waals surface area contributed by atoms with Gasteiger partial charge >= 0.3 is 0 Å². The Morgan fingerprint density at radius 2 is 1.12 bits per heavy atom. The average Bonchev–Trinajstić information content (AvgIpc) is 2.84. The van der Waals surface area contributed by atoms with Crippen LogP contribution in [0.5, 0.6) is 0 Å². The normalized spacial score (nSPS) is 18.7. The van der Waals surface area contributed by atoms with Gasteiger partial charge in [-0.2, -0.15) is 0 Å². The summed E-state index contributed by atoms with van der Waals surface area (Å²) in [4.78, 5) is 9.20. The summed E-state index contributed by atoms with van der Waals surface area (Å²) in [5.41, 5.74) is 3.83. The van der Waals surface area contributed by atoms with E-state index in [4.69, 9.17) is 0 Å². The molecule has 0 aliphatic heterocycles. The molecule has 0 N–H and O–H groups in total. The largest absolute Gasteiger partial charge is 0.236 e. The molecule has 3 rings (SSSR count). The SMILES string of the molecule is CCCCCc1cnc(-c2ccc(CCCC[C@H]3CC[C@H](CCCCC)CC3)cc2)nc1. The third-order valence-corrected chi connectivity index (χ3v) is 7.50. The summed E-state index contributed by atoms with van der Waals surface area (Å²) in [5.74, 6) is 2.89. The monoisotopic (exact) mass is 434 g/mol. The van der Waals surface area contributed by atoms with Crippen LogP contribution in [0.4, 0.5) is 0 Å². The number of unbranched alkanes of at least 4 members (excludes halogenated alkanes) is 5. The Morgan fingerprint density at radius 1 is 0.625 bits per heavy atom. The number of hydrogen-bond donors (Lipinski definition) is 0. The third-order valence-electron chi connectivity index (χ3n) is 7.50. The Balaban J connectivity index is 1.32. The highest BCUT2D eigenvalue weighted by Crippen LogP contribution is 2.34. The number of hydrogen-bond acceptors (Lipinski definition) is 2. The quantitative estimate of drug-likeness (QED) is 0.277. The molecule has 0 spiro atoms. The summed E-state index contributed by atoms with van der Waals surface area (Å²) in [6, 6.07) is 8.94. The van der Waals surface area contributed by atoms with E-state index in [1.165, 1.54) is 107 Å². The van der Waals surface area contributed by atoms with Gasteiger partial charge in [-0.15, -0.1) is 0 Å². The first-order valence-electron chi connectivity index (χ1n) is 13.7. The first-order valence-corrected chi connectivity index (χ1v) is 13.7. The number of aromatic nitrogens is 2. The predicted octanol–water partition coefficient (Wildman–Crippen LogP) is 8.98. The van der Waals surface area contributed by atoms with Gasteiger partial charge in [-0.3, -0.25) is 0 Å². The lowest BCUT2D eigenvalue weighted by molar-refractivity contribution is 0.245. The molecule has 1 aliphatic carbocycles. The third kappa shape index (κ3) is 8.68. The molecule has 0 atom stereocenters. The van der Waals surface area contributed by atoms with Crippen LogP contribution in [0.1, 0.15) is 115 Å².